The van der Waals surface area contributed by atoms with Crippen LogP contribution in [-0.4, -0.2) is 16.5 Å². The zero-order chi connectivity index (χ0) is 41.6. The second-order valence-corrected chi connectivity index (χ2v) is 6.74. The van der Waals surface area contributed by atoms with Crippen molar-refractivity contribution < 1.29 is 48.9 Å². The molecular formula is C24H36O3. The van der Waals surface area contributed by atoms with E-state index < -0.39 is 135 Å². The quantitative estimate of drug-likeness (QED) is 0.616. The monoisotopic (exact) mass is 397 g/mol. The minimum absolute atomic E-state index is 0.734. The molecule has 0 unspecified atom stereocenters. The lowest BCUT2D eigenvalue weighted by Gasteiger charge is -2.47. The van der Waals surface area contributed by atoms with Crippen LogP contribution in [0.4, 0.5) is 0 Å². The molecule has 0 saturated heterocycles. The van der Waals surface area contributed by atoms with E-state index in [0.717, 1.165) is 0 Å². The molecular weight excluding hydrogens is 336 g/mol. The summed E-state index contributed by atoms with van der Waals surface area (Å²) >= 11 is 0. The van der Waals surface area contributed by atoms with E-state index in [0.29, 0.717) is 0 Å². The van der Waals surface area contributed by atoms with Gasteiger partial charge in [-0.25, -0.2) is 0 Å². The molecule has 3 rings (SSSR count). The van der Waals surface area contributed by atoms with Crippen molar-refractivity contribution >= 4 is 5.78 Å². The summed E-state index contributed by atoms with van der Waals surface area (Å²) in [5, 5.41) is 11.5. The highest BCUT2D eigenvalue weighted by Crippen LogP contribution is 2.54. The largest absolute Gasteiger partial charge is 0.508 e. The van der Waals surface area contributed by atoms with Crippen molar-refractivity contribution in [3.8, 4) is 11.5 Å². The van der Waals surface area contributed by atoms with Crippen molar-refractivity contribution in [2.24, 2.45) is 5.92 Å². The Morgan fingerprint density at radius 2 is 2.22 bits per heavy atom. The van der Waals surface area contributed by atoms with E-state index in [9.17, 15) is 9.90 Å². The maximum absolute atomic E-state index is 13.0. The number of fused-ring (bicyclic) bond motifs is 3. The number of carbonyl (C=O) groups is 1. The lowest BCUT2D eigenvalue weighted by Crippen LogP contribution is -2.47. The Kier molecular flexibility index (Phi) is 1.54. The summed E-state index contributed by atoms with van der Waals surface area (Å²) in [5.41, 5.74) is -9.34. The van der Waals surface area contributed by atoms with Crippen molar-refractivity contribution in [3.05, 3.63) is 23.2 Å². The highest BCUT2D eigenvalue weighted by molar-refractivity contribution is 5.81. The predicted octanol–water partition coefficient (Wildman–Crippen LogP) is 6.26. The van der Waals surface area contributed by atoms with Crippen LogP contribution in [-0.2, 0) is 10.2 Å². The molecule has 1 saturated carbocycles. The molecule has 1 aromatic carbocycles. The predicted molar refractivity (Wildman–Crippen MR) is 110 cm³/mol. The molecule has 0 spiro atoms. The minimum atomic E-state index is -4.96. The molecule has 3 nitrogen and oxygen atoms in total. The van der Waals surface area contributed by atoms with E-state index >= 15 is 0 Å². The number of Topliss-reactive ketones (excluding diaryl/α,β-unsaturated/α-hetero) is 1. The molecule has 0 bridgehead atoms. The lowest BCUT2D eigenvalue weighted by atomic mass is 9.66. The molecule has 1 aliphatic heterocycles. The van der Waals surface area contributed by atoms with E-state index in [-0.39, 0.29) is 0 Å². The number of hydrogen-bond donors (Lipinski definition) is 1. The first-order valence-electron chi connectivity index (χ1n) is 20.5. The van der Waals surface area contributed by atoms with E-state index in [2.05, 4.69) is 0 Å². The molecule has 0 aromatic heterocycles. The van der Waals surface area contributed by atoms with Crippen LogP contribution in [0.2, 0.25) is 0 Å². The van der Waals surface area contributed by atoms with Gasteiger partial charge in [-0.3, -0.25) is 4.79 Å². The molecule has 0 radical (unpaired) electrons. The van der Waals surface area contributed by atoms with Crippen LogP contribution in [0.15, 0.2) is 12.1 Å². The Morgan fingerprint density at radius 3 is 2.96 bits per heavy atom. The van der Waals surface area contributed by atoms with E-state index in [1.54, 1.807) is 0 Å². The maximum atomic E-state index is 13.0. The van der Waals surface area contributed by atoms with E-state index in [1.807, 2.05) is 0 Å². The lowest BCUT2D eigenvalue weighted by molar-refractivity contribution is -0.124. The van der Waals surface area contributed by atoms with E-state index in [1.165, 1.54) is 13.8 Å². The Labute approximate surface area is 199 Å². The standard InChI is InChI=1S/C24H36O3/c1-6-7-8-9-12-23(2,3)16-13-20(26)22-18-15-17(25)10-11-19(18)24(4,5)27-21(22)14-16/h13-14,18-19,26H,6-12,15H2,1-5H3/t18-,19-/m1/s1/i1D3,2D3,3D3,6D2,7D2,8D2,9D2,10D2,12D2,13D,14D,15D2. The second-order valence-electron chi connectivity index (χ2n) is 6.74. The van der Waals surface area contributed by atoms with Gasteiger partial charge in [0.05, 0.1) is 2.74 Å². The van der Waals surface area contributed by atoms with Crippen LogP contribution in [0.25, 0.3) is 0 Å². The number of benzene rings is 1. The highest BCUT2D eigenvalue weighted by atomic mass is 16.5. The number of phenolic OH excluding ortho intramolecular Hbond substituents is 1. The first-order chi connectivity index (χ1) is 22.4. The fraction of sp³-hybridized carbons (Fsp3) is 0.708. The molecule has 1 aromatic rings. The molecule has 27 heavy (non-hydrogen) atoms. The van der Waals surface area contributed by atoms with Crippen LogP contribution in [0.3, 0.4) is 0 Å². The maximum Gasteiger partial charge on any atom is 0.133 e. The first kappa shape index (κ1) is 5.55. The molecule has 150 valence electrons. The Bertz CT molecular complexity index is 1620. The third kappa shape index (κ3) is 4.02. The number of phenols is 1. The van der Waals surface area contributed by atoms with Gasteiger partial charge in [0.25, 0.3) is 0 Å². The summed E-state index contributed by atoms with van der Waals surface area (Å²) in [6, 6.07) is -3.36. The Morgan fingerprint density at radius 1 is 1.41 bits per heavy atom. The fourth-order valence-electron chi connectivity index (χ4n) is 3.18. The summed E-state index contributed by atoms with van der Waals surface area (Å²) in [6.45, 7) is -10.7. The van der Waals surface area contributed by atoms with Crippen LogP contribution in [0, 0.1) is 5.92 Å². The number of aromatic hydroxyl groups is 1. The third-order valence-corrected chi connectivity index (χ3v) is 4.53. The number of rotatable bonds is 6. The Hall–Kier alpha value is -1.51. The normalized spacial score (nSPS) is 45.6. The van der Waals surface area contributed by atoms with Gasteiger partial charge in [0.2, 0.25) is 0 Å². The van der Waals surface area contributed by atoms with Crippen molar-refractivity contribution in [2.45, 2.75) is 102 Å². The summed E-state index contributed by atoms with van der Waals surface area (Å²) in [7, 11) is 0. The first-order valence-corrected chi connectivity index (χ1v) is 8.05. The SMILES string of the molecule is [2H]c1c(O)c2c(c([2H])c1C(C([2H])([2H])[2H])(C([2H])([2H])[2H])C([2H])([2H])C([2H])([2H])C([2H])([2H])C([2H])([2H])C([2H])([2H])C([2H])([2H])[2H])OC(C)(C)[C@@H]1CC([2H])([2H])C(=O)C([2H])([2H])[C@@H]21. The van der Waals surface area contributed by atoms with Gasteiger partial charge < -0.3 is 9.84 Å². The molecule has 0 amide bonds. The molecule has 1 fully saturated rings. The van der Waals surface area contributed by atoms with Gasteiger partial charge in [0.15, 0.2) is 0 Å². The van der Waals surface area contributed by atoms with Gasteiger partial charge in [0.1, 0.15) is 22.9 Å². The highest BCUT2D eigenvalue weighted by Gasteiger charge is 2.47. The number of ketones is 1. The topological polar surface area (TPSA) is 46.5 Å². The van der Waals surface area contributed by atoms with E-state index in [4.69, 9.17) is 39.0 Å². The van der Waals surface area contributed by atoms with Crippen LogP contribution in [0.5, 0.6) is 11.5 Å². The second kappa shape index (κ2) is 7.48. The van der Waals surface area contributed by atoms with Crippen molar-refractivity contribution in [1.29, 1.82) is 0 Å². The van der Waals surface area contributed by atoms with Crippen LogP contribution >= 0.6 is 0 Å². The zero-order valence-corrected chi connectivity index (χ0v) is 14.6. The third-order valence-electron chi connectivity index (χ3n) is 4.53. The molecule has 1 aliphatic carbocycles. The van der Waals surface area contributed by atoms with Crippen molar-refractivity contribution in [3.63, 3.8) is 0 Å². The number of carbonyl (C=O) groups excluding carboxylic acids is 1. The summed E-state index contributed by atoms with van der Waals surface area (Å²) < 4.78 is 213. The summed E-state index contributed by atoms with van der Waals surface area (Å²) in [5.74, 6) is -7.64. The average molecular weight is 398 g/mol. The van der Waals surface area contributed by atoms with Crippen LogP contribution in [0.1, 0.15) is 137 Å². The summed E-state index contributed by atoms with van der Waals surface area (Å²) in [6.07, 6.45) is -30.4. The molecule has 1 N–H and O–H groups in total. The average Bonchev–Trinajstić information content (AvgIpc) is 2.90. The smallest absolute Gasteiger partial charge is 0.133 e. The molecule has 2 atom stereocenters. The summed E-state index contributed by atoms with van der Waals surface area (Å²) in [4.78, 5) is 13.0. The molecule has 2 aliphatic rings. The van der Waals surface area contributed by atoms with Crippen molar-refractivity contribution in [1.82, 2.24) is 0 Å². The van der Waals surface area contributed by atoms with Gasteiger partial charge in [-0.1, -0.05) is 46.0 Å². The van der Waals surface area contributed by atoms with Gasteiger partial charge in [0, 0.05) is 61.7 Å². The molecule has 1 heterocycles. The Balaban J connectivity index is 2.64. The van der Waals surface area contributed by atoms with Crippen molar-refractivity contribution in [2.75, 3.05) is 0 Å². The zero-order valence-electron chi connectivity index (χ0n) is 39.6. The van der Waals surface area contributed by atoms with Gasteiger partial charge in [-0.2, -0.15) is 0 Å². The number of hydrogen-bond acceptors (Lipinski definition) is 3. The van der Waals surface area contributed by atoms with Gasteiger partial charge in [-0.15, -0.1) is 0 Å². The van der Waals surface area contributed by atoms with Gasteiger partial charge >= 0.3 is 0 Å². The van der Waals surface area contributed by atoms with Crippen LogP contribution < -0.4 is 4.74 Å². The number of ether oxygens (including phenoxy) is 1. The van der Waals surface area contributed by atoms with Gasteiger partial charge in [-0.05, 0) is 49.7 Å². The fourth-order valence-corrected chi connectivity index (χ4v) is 3.18. The minimum Gasteiger partial charge on any atom is -0.508 e. The molecule has 3 heteroatoms.